The van der Waals surface area contributed by atoms with Gasteiger partial charge in [0.1, 0.15) is 13.2 Å². The summed E-state index contributed by atoms with van der Waals surface area (Å²) in [6, 6.07) is 7.68. The first kappa shape index (κ1) is 14.0. The number of rotatable bonds is 6. The number of methoxy groups -OCH3 is 2. The predicted octanol–water partition coefficient (Wildman–Crippen LogP) is 2.27. The van der Waals surface area contributed by atoms with E-state index in [1.165, 1.54) is 0 Å². The number of hydrogen-bond acceptors (Lipinski definition) is 4. The highest BCUT2D eigenvalue weighted by atomic mass is 35.5. The van der Waals surface area contributed by atoms with Gasteiger partial charge in [-0.1, -0.05) is 23.7 Å². The van der Waals surface area contributed by atoms with Crippen molar-refractivity contribution < 1.29 is 9.47 Å². The number of aromatic nitrogens is 3. The zero-order valence-corrected chi connectivity index (χ0v) is 11.7. The van der Waals surface area contributed by atoms with E-state index in [0.717, 1.165) is 11.4 Å². The Balaban J connectivity index is 2.22. The van der Waals surface area contributed by atoms with Crippen LogP contribution in [0, 0.1) is 0 Å². The maximum atomic E-state index is 5.98. The molecule has 0 aliphatic heterocycles. The van der Waals surface area contributed by atoms with E-state index in [1.54, 1.807) is 14.2 Å². The van der Waals surface area contributed by atoms with Crippen LogP contribution in [-0.4, -0.2) is 29.0 Å². The Bertz CT molecular complexity index is 542. The molecule has 102 valence electrons. The number of nitrogens with zero attached hydrogens (tertiary/aromatic N) is 3. The van der Waals surface area contributed by atoms with Crippen molar-refractivity contribution in [2.45, 2.75) is 19.8 Å². The minimum atomic E-state index is 0.388. The quantitative estimate of drug-likeness (QED) is 0.815. The number of benzene rings is 1. The van der Waals surface area contributed by atoms with Crippen LogP contribution in [0.4, 0.5) is 0 Å². The normalized spacial score (nSPS) is 10.9. The van der Waals surface area contributed by atoms with Crippen molar-refractivity contribution in [1.29, 1.82) is 0 Å². The van der Waals surface area contributed by atoms with Crippen molar-refractivity contribution in [1.82, 2.24) is 14.8 Å². The second-order valence-corrected chi connectivity index (χ2v) is 4.53. The molecule has 19 heavy (non-hydrogen) atoms. The smallest absolute Gasteiger partial charge is 0.176 e. The SMILES string of the molecule is COCc1nc(COC)n(Cc2cccc(Cl)c2)n1. The number of hydrogen-bond donors (Lipinski definition) is 0. The van der Waals surface area contributed by atoms with Gasteiger partial charge in [-0.25, -0.2) is 9.67 Å². The highest BCUT2D eigenvalue weighted by Crippen LogP contribution is 2.13. The molecule has 0 aliphatic rings. The molecule has 1 aromatic heterocycles. The average molecular weight is 282 g/mol. The summed E-state index contributed by atoms with van der Waals surface area (Å²) in [6.45, 7) is 1.41. The maximum absolute atomic E-state index is 5.98. The fourth-order valence-corrected chi connectivity index (χ4v) is 2.00. The third-order valence-corrected chi connectivity index (χ3v) is 2.80. The first-order chi connectivity index (χ1) is 9.22. The van der Waals surface area contributed by atoms with Gasteiger partial charge < -0.3 is 9.47 Å². The third kappa shape index (κ3) is 3.76. The summed E-state index contributed by atoms with van der Waals surface area (Å²) in [7, 11) is 3.25. The van der Waals surface area contributed by atoms with Crippen LogP contribution in [0.1, 0.15) is 17.2 Å². The zero-order chi connectivity index (χ0) is 13.7. The molecule has 0 unspecified atom stereocenters. The molecule has 0 spiro atoms. The number of ether oxygens (including phenoxy) is 2. The summed E-state index contributed by atoms with van der Waals surface area (Å²) < 4.78 is 12.0. The predicted molar refractivity (Wildman–Crippen MR) is 72.0 cm³/mol. The van der Waals surface area contributed by atoms with E-state index < -0.39 is 0 Å². The van der Waals surface area contributed by atoms with Gasteiger partial charge in [0.05, 0.1) is 6.54 Å². The van der Waals surface area contributed by atoms with Crippen LogP contribution in [0.15, 0.2) is 24.3 Å². The summed E-state index contributed by atoms with van der Waals surface area (Å²) in [4.78, 5) is 4.38. The lowest BCUT2D eigenvalue weighted by atomic mass is 10.2. The Morgan fingerprint density at radius 3 is 2.68 bits per heavy atom. The molecule has 0 radical (unpaired) electrons. The molecular formula is C13H16ClN3O2. The molecule has 6 heteroatoms. The van der Waals surface area contributed by atoms with E-state index >= 15 is 0 Å². The summed E-state index contributed by atoms with van der Waals surface area (Å²) in [5.74, 6) is 1.42. The van der Waals surface area contributed by atoms with Crippen molar-refractivity contribution in [2.75, 3.05) is 14.2 Å². The summed E-state index contributed by atoms with van der Waals surface area (Å²) >= 11 is 5.98. The molecule has 0 bridgehead atoms. The van der Waals surface area contributed by atoms with Crippen LogP contribution in [0.5, 0.6) is 0 Å². The van der Waals surface area contributed by atoms with Gasteiger partial charge >= 0.3 is 0 Å². The van der Waals surface area contributed by atoms with Crippen LogP contribution in [0.25, 0.3) is 0 Å². The molecular weight excluding hydrogens is 266 g/mol. The molecule has 0 N–H and O–H groups in total. The summed E-state index contributed by atoms with van der Waals surface area (Å²) in [5.41, 5.74) is 1.07. The lowest BCUT2D eigenvalue weighted by molar-refractivity contribution is 0.172. The van der Waals surface area contributed by atoms with Crippen LogP contribution in [0.2, 0.25) is 5.02 Å². The van der Waals surface area contributed by atoms with Gasteiger partial charge in [-0.3, -0.25) is 0 Å². The molecule has 0 fully saturated rings. The van der Waals surface area contributed by atoms with Crippen molar-refractivity contribution in [3.8, 4) is 0 Å². The highest BCUT2D eigenvalue weighted by Gasteiger charge is 2.10. The van der Waals surface area contributed by atoms with Gasteiger partial charge in [0.25, 0.3) is 0 Å². The second-order valence-electron chi connectivity index (χ2n) is 4.10. The summed E-state index contributed by atoms with van der Waals surface area (Å²) in [5, 5.41) is 5.11. The first-order valence-electron chi connectivity index (χ1n) is 5.88. The number of halogens is 1. The van der Waals surface area contributed by atoms with E-state index in [9.17, 15) is 0 Å². The third-order valence-electron chi connectivity index (χ3n) is 2.56. The molecule has 5 nitrogen and oxygen atoms in total. The maximum Gasteiger partial charge on any atom is 0.176 e. The Morgan fingerprint density at radius 2 is 2.00 bits per heavy atom. The van der Waals surface area contributed by atoms with Gasteiger partial charge in [0.15, 0.2) is 11.6 Å². The topological polar surface area (TPSA) is 49.2 Å². The molecule has 0 saturated heterocycles. The molecule has 0 saturated carbocycles. The highest BCUT2D eigenvalue weighted by molar-refractivity contribution is 6.30. The van der Waals surface area contributed by atoms with Crippen molar-refractivity contribution in [3.05, 3.63) is 46.5 Å². The molecule has 0 amide bonds. The van der Waals surface area contributed by atoms with E-state index in [1.807, 2.05) is 28.9 Å². The molecule has 0 aliphatic carbocycles. The van der Waals surface area contributed by atoms with Gasteiger partial charge in [0, 0.05) is 19.2 Å². The zero-order valence-electron chi connectivity index (χ0n) is 11.0. The second kappa shape index (κ2) is 6.65. The Labute approximate surface area is 117 Å². The summed E-state index contributed by atoms with van der Waals surface area (Å²) in [6.07, 6.45) is 0. The minimum absolute atomic E-state index is 0.388. The largest absolute Gasteiger partial charge is 0.377 e. The van der Waals surface area contributed by atoms with Gasteiger partial charge in [-0.15, -0.1) is 0 Å². The van der Waals surface area contributed by atoms with E-state index in [0.29, 0.717) is 30.6 Å². The molecule has 2 rings (SSSR count). The van der Waals surface area contributed by atoms with Crippen molar-refractivity contribution >= 4 is 11.6 Å². The van der Waals surface area contributed by atoms with E-state index in [-0.39, 0.29) is 0 Å². The van der Waals surface area contributed by atoms with Crippen LogP contribution < -0.4 is 0 Å². The van der Waals surface area contributed by atoms with Crippen molar-refractivity contribution in [2.24, 2.45) is 0 Å². The fraction of sp³-hybridized carbons (Fsp3) is 0.385. The lowest BCUT2D eigenvalue weighted by Gasteiger charge is -2.05. The van der Waals surface area contributed by atoms with Crippen molar-refractivity contribution in [3.63, 3.8) is 0 Å². The monoisotopic (exact) mass is 281 g/mol. The van der Waals surface area contributed by atoms with Gasteiger partial charge in [-0.05, 0) is 17.7 Å². The Hall–Kier alpha value is -1.43. The standard InChI is InChI=1S/C13H16ClN3O2/c1-18-8-12-15-13(9-19-2)17(16-12)7-10-4-3-5-11(14)6-10/h3-6H,7-9H2,1-2H3. The van der Waals surface area contributed by atoms with Gasteiger partial charge in [0.2, 0.25) is 0 Å². The van der Waals surface area contributed by atoms with E-state index in [4.69, 9.17) is 21.1 Å². The van der Waals surface area contributed by atoms with E-state index in [2.05, 4.69) is 10.1 Å². The molecule has 0 atom stereocenters. The lowest BCUT2D eigenvalue weighted by Crippen LogP contribution is -2.08. The average Bonchev–Trinajstić information content (AvgIpc) is 2.72. The first-order valence-corrected chi connectivity index (χ1v) is 6.25. The van der Waals surface area contributed by atoms with Gasteiger partial charge in [-0.2, -0.15) is 5.10 Å². The molecule has 1 heterocycles. The fourth-order valence-electron chi connectivity index (χ4n) is 1.79. The van der Waals surface area contributed by atoms with Crippen LogP contribution in [-0.2, 0) is 29.2 Å². The molecule has 1 aromatic carbocycles. The Kier molecular flexibility index (Phi) is 4.90. The molecule has 2 aromatic rings. The minimum Gasteiger partial charge on any atom is -0.377 e. The Morgan fingerprint density at radius 1 is 1.21 bits per heavy atom. The van der Waals surface area contributed by atoms with Crippen LogP contribution in [0.3, 0.4) is 0 Å². The van der Waals surface area contributed by atoms with Crippen LogP contribution >= 0.6 is 11.6 Å².